The molecule has 1 heterocycles. The zero-order valence-corrected chi connectivity index (χ0v) is 13.9. The van der Waals surface area contributed by atoms with Crippen molar-refractivity contribution in [3.8, 4) is 0 Å². The van der Waals surface area contributed by atoms with E-state index in [1.54, 1.807) is 6.92 Å². The maximum Gasteiger partial charge on any atom is 0.339 e. The monoisotopic (exact) mass is 327 g/mol. The first-order valence-electron chi connectivity index (χ1n) is 8.13. The predicted octanol–water partition coefficient (Wildman–Crippen LogP) is 3.08. The van der Waals surface area contributed by atoms with Crippen LogP contribution in [0.15, 0.2) is 34.7 Å². The first kappa shape index (κ1) is 16.3. The molecule has 0 saturated heterocycles. The van der Waals surface area contributed by atoms with Crippen LogP contribution in [0.4, 0.5) is 0 Å². The zero-order valence-electron chi connectivity index (χ0n) is 13.9. The van der Waals surface area contributed by atoms with Gasteiger partial charge in [-0.2, -0.15) is 0 Å². The van der Waals surface area contributed by atoms with Crippen molar-refractivity contribution in [3.63, 3.8) is 0 Å². The van der Waals surface area contributed by atoms with Crippen molar-refractivity contribution in [2.45, 2.75) is 33.1 Å². The van der Waals surface area contributed by atoms with E-state index in [0.717, 1.165) is 12.8 Å². The minimum absolute atomic E-state index is 0.0326. The molecule has 126 valence electrons. The third-order valence-electron chi connectivity index (χ3n) is 4.61. The number of aromatic carboxylic acids is 1. The molecule has 0 fully saturated rings. The average Bonchev–Trinajstić information content (AvgIpc) is 3.13. The Kier molecular flexibility index (Phi) is 4.18. The molecule has 3 rings (SSSR count). The Labute approximate surface area is 140 Å². The van der Waals surface area contributed by atoms with Crippen LogP contribution in [0, 0.1) is 5.41 Å². The number of carboxylic acid groups (broad SMARTS) is 1. The molecule has 1 amide bonds. The van der Waals surface area contributed by atoms with Crippen LogP contribution in [0.3, 0.4) is 0 Å². The van der Waals surface area contributed by atoms with Gasteiger partial charge in [0.1, 0.15) is 11.3 Å². The summed E-state index contributed by atoms with van der Waals surface area (Å²) < 4.78 is 5.40. The quantitative estimate of drug-likeness (QED) is 0.884. The highest BCUT2D eigenvalue weighted by Gasteiger charge is 2.33. The molecule has 0 radical (unpaired) electrons. The zero-order chi connectivity index (χ0) is 17.3. The third kappa shape index (κ3) is 3.07. The number of carboxylic acids is 1. The highest BCUT2D eigenvalue weighted by atomic mass is 16.4. The van der Waals surface area contributed by atoms with E-state index in [0.29, 0.717) is 18.7 Å². The molecule has 24 heavy (non-hydrogen) atoms. The summed E-state index contributed by atoms with van der Waals surface area (Å²) in [4.78, 5) is 23.5. The first-order chi connectivity index (χ1) is 11.4. The minimum Gasteiger partial charge on any atom is -0.478 e. The molecule has 1 aliphatic carbocycles. The van der Waals surface area contributed by atoms with Crippen molar-refractivity contribution >= 4 is 11.9 Å². The number of amides is 1. The van der Waals surface area contributed by atoms with Gasteiger partial charge in [-0.1, -0.05) is 38.1 Å². The topological polar surface area (TPSA) is 79.5 Å². The molecule has 0 atom stereocenters. The van der Waals surface area contributed by atoms with E-state index >= 15 is 0 Å². The minimum atomic E-state index is -1.08. The molecular weight excluding hydrogens is 306 g/mol. The molecule has 1 aliphatic rings. The molecule has 0 bridgehead atoms. The van der Waals surface area contributed by atoms with Gasteiger partial charge in [-0.05, 0) is 29.4 Å². The van der Waals surface area contributed by atoms with Gasteiger partial charge >= 0.3 is 5.97 Å². The fraction of sp³-hybridized carbons (Fsp3) is 0.368. The van der Waals surface area contributed by atoms with Crippen molar-refractivity contribution in [2.75, 3.05) is 6.54 Å². The number of furan rings is 1. The van der Waals surface area contributed by atoms with Crippen LogP contribution in [0.1, 0.15) is 51.6 Å². The number of aryl methyl sites for hydroxylation is 1. The van der Waals surface area contributed by atoms with Crippen LogP contribution in [-0.2, 0) is 19.3 Å². The summed E-state index contributed by atoms with van der Waals surface area (Å²) in [6.45, 7) is 4.46. The van der Waals surface area contributed by atoms with Crippen molar-refractivity contribution in [3.05, 3.63) is 58.5 Å². The fourth-order valence-electron chi connectivity index (χ4n) is 3.37. The highest BCUT2D eigenvalue weighted by Crippen LogP contribution is 2.36. The lowest BCUT2D eigenvalue weighted by atomic mass is 9.87. The number of benzene rings is 1. The summed E-state index contributed by atoms with van der Waals surface area (Å²) in [5.74, 6) is -1.06. The first-order valence-corrected chi connectivity index (χ1v) is 8.13. The summed E-state index contributed by atoms with van der Waals surface area (Å²) in [6.07, 6.45) is 2.27. The summed E-state index contributed by atoms with van der Waals surface area (Å²) in [6, 6.07) is 9.63. The highest BCUT2D eigenvalue weighted by molar-refractivity contribution is 5.96. The fourth-order valence-corrected chi connectivity index (χ4v) is 3.37. The van der Waals surface area contributed by atoms with E-state index in [4.69, 9.17) is 9.52 Å². The molecule has 2 aromatic rings. The summed E-state index contributed by atoms with van der Waals surface area (Å²) in [7, 11) is 0. The van der Waals surface area contributed by atoms with Crippen molar-refractivity contribution in [2.24, 2.45) is 5.41 Å². The molecule has 0 spiro atoms. The number of nitrogens with one attached hydrogen (secondary N) is 1. The van der Waals surface area contributed by atoms with Crippen LogP contribution in [0.2, 0.25) is 0 Å². The van der Waals surface area contributed by atoms with E-state index in [1.807, 2.05) is 12.1 Å². The predicted molar refractivity (Wildman–Crippen MR) is 89.3 cm³/mol. The number of carbonyl (C=O) groups is 2. The number of carbonyl (C=O) groups excluding carboxylic acids is 1. The lowest BCUT2D eigenvalue weighted by Gasteiger charge is -2.23. The Hall–Kier alpha value is -2.56. The Bertz CT molecular complexity index is 765. The van der Waals surface area contributed by atoms with Crippen molar-refractivity contribution in [1.82, 2.24) is 5.32 Å². The van der Waals surface area contributed by atoms with Gasteiger partial charge in [0, 0.05) is 19.0 Å². The lowest BCUT2D eigenvalue weighted by molar-refractivity contribution is 0.0694. The van der Waals surface area contributed by atoms with Crippen molar-refractivity contribution in [1.29, 1.82) is 0 Å². The van der Waals surface area contributed by atoms with E-state index in [2.05, 4.69) is 24.4 Å². The van der Waals surface area contributed by atoms with Gasteiger partial charge in [0.15, 0.2) is 5.76 Å². The van der Waals surface area contributed by atoms with Gasteiger partial charge in [0.2, 0.25) is 0 Å². The second-order valence-corrected chi connectivity index (χ2v) is 6.72. The Morgan fingerprint density at radius 1 is 1.25 bits per heavy atom. The standard InChI is InChI=1S/C19H21NO4/c1-3-15-14(18(22)23)8-16(24-15)17(21)20-11-19(2)9-12-6-4-5-7-13(12)10-19/h4-8H,3,9-11H2,1-2H3,(H,20,21)(H,22,23). The van der Waals surface area contributed by atoms with Gasteiger partial charge in [0.25, 0.3) is 5.91 Å². The number of hydrogen-bond donors (Lipinski definition) is 2. The number of hydrogen-bond acceptors (Lipinski definition) is 3. The lowest BCUT2D eigenvalue weighted by Crippen LogP contribution is -2.36. The molecule has 5 nitrogen and oxygen atoms in total. The largest absolute Gasteiger partial charge is 0.478 e. The third-order valence-corrected chi connectivity index (χ3v) is 4.61. The van der Waals surface area contributed by atoms with Crippen LogP contribution in [0.25, 0.3) is 0 Å². The molecule has 5 heteroatoms. The van der Waals surface area contributed by atoms with Gasteiger partial charge in [-0.3, -0.25) is 4.79 Å². The van der Waals surface area contributed by atoms with Gasteiger partial charge in [-0.25, -0.2) is 4.79 Å². The summed E-state index contributed by atoms with van der Waals surface area (Å²) in [5.41, 5.74) is 2.68. The van der Waals surface area contributed by atoms with Gasteiger partial charge in [-0.15, -0.1) is 0 Å². The molecule has 0 aliphatic heterocycles. The molecule has 0 saturated carbocycles. The SMILES string of the molecule is CCc1oc(C(=O)NCC2(C)Cc3ccccc3C2)cc1C(=O)O. The molecule has 2 N–H and O–H groups in total. The van der Waals surface area contributed by atoms with Gasteiger partial charge in [0.05, 0.1) is 0 Å². The second kappa shape index (κ2) is 6.15. The van der Waals surface area contributed by atoms with E-state index in [1.165, 1.54) is 17.2 Å². The molecular formula is C19H21NO4. The summed E-state index contributed by atoms with van der Waals surface area (Å²) >= 11 is 0. The van der Waals surface area contributed by atoms with E-state index in [9.17, 15) is 9.59 Å². The smallest absolute Gasteiger partial charge is 0.339 e. The Balaban J connectivity index is 1.67. The Morgan fingerprint density at radius 3 is 2.38 bits per heavy atom. The van der Waals surface area contributed by atoms with Crippen LogP contribution >= 0.6 is 0 Å². The Morgan fingerprint density at radius 2 is 1.88 bits per heavy atom. The number of rotatable bonds is 5. The second-order valence-electron chi connectivity index (χ2n) is 6.72. The number of fused-ring (bicyclic) bond motifs is 1. The van der Waals surface area contributed by atoms with Crippen LogP contribution in [0.5, 0.6) is 0 Å². The normalized spacial score (nSPS) is 15.1. The van der Waals surface area contributed by atoms with E-state index in [-0.39, 0.29) is 22.6 Å². The van der Waals surface area contributed by atoms with Gasteiger partial charge < -0.3 is 14.8 Å². The van der Waals surface area contributed by atoms with Crippen LogP contribution < -0.4 is 5.32 Å². The average molecular weight is 327 g/mol. The maximum absolute atomic E-state index is 12.3. The summed E-state index contributed by atoms with van der Waals surface area (Å²) in [5, 5.41) is 12.0. The van der Waals surface area contributed by atoms with E-state index < -0.39 is 5.97 Å². The maximum atomic E-state index is 12.3. The molecule has 1 aromatic heterocycles. The molecule has 1 aromatic carbocycles. The van der Waals surface area contributed by atoms with Crippen molar-refractivity contribution < 1.29 is 19.1 Å². The molecule has 0 unspecified atom stereocenters. The van der Waals surface area contributed by atoms with Crippen LogP contribution in [-0.4, -0.2) is 23.5 Å².